The highest BCUT2D eigenvalue weighted by Crippen LogP contribution is 2.08. The largest absolute Gasteiger partial charge is 0.391 e. The Kier molecular flexibility index (Phi) is 5.81. The first-order valence-electron chi connectivity index (χ1n) is 3.95. The van der Waals surface area contributed by atoms with Gasteiger partial charge in [0.15, 0.2) is 5.78 Å². The van der Waals surface area contributed by atoms with Gasteiger partial charge in [0.05, 0.1) is 6.10 Å². The number of ketones is 1. The molecule has 2 N–H and O–H groups in total. The van der Waals surface area contributed by atoms with Gasteiger partial charge in [-0.1, -0.05) is 0 Å². The molecule has 0 saturated carbocycles. The molecule has 13 heavy (non-hydrogen) atoms. The van der Waals surface area contributed by atoms with Crippen molar-refractivity contribution in [2.75, 3.05) is 20.8 Å². The van der Waals surface area contributed by atoms with Gasteiger partial charge >= 0.3 is 0 Å². The van der Waals surface area contributed by atoms with Crippen LogP contribution in [-0.2, 0) is 14.3 Å². The van der Waals surface area contributed by atoms with Crippen LogP contribution in [0.4, 0.5) is 0 Å². The number of Topliss-reactive ketones (excluding diaryl/α,β-unsaturated/α-hetero) is 1. The van der Waals surface area contributed by atoms with Crippen molar-refractivity contribution < 1.29 is 24.5 Å². The van der Waals surface area contributed by atoms with Gasteiger partial charge in [0.25, 0.3) is 0 Å². The Morgan fingerprint density at radius 3 is 2.15 bits per heavy atom. The molecular formula is C8H16O5. The molecular weight excluding hydrogens is 176 g/mol. The summed E-state index contributed by atoms with van der Waals surface area (Å²) < 4.78 is 9.70. The lowest BCUT2D eigenvalue weighted by atomic mass is 10.1. The lowest BCUT2D eigenvalue weighted by Gasteiger charge is -2.25. The highest BCUT2D eigenvalue weighted by atomic mass is 16.5. The van der Waals surface area contributed by atoms with Crippen molar-refractivity contribution in [1.82, 2.24) is 0 Å². The SMILES string of the molecule is CO[C@@H]([C@H](C)O)[C@@H](OC)C(=O)CO. The summed E-state index contributed by atoms with van der Waals surface area (Å²) in [5.41, 5.74) is 0. The average Bonchev–Trinajstić information content (AvgIpc) is 2.12. The maximum absolute atomic E-state index is 11.1. The van der Waals surface area contributed by atoms with E-state index in [1.807, 2.05) is 0 Å². The normalized spacial score (nSPS) is 17.9. The maximum atomic E-state index is 11.1. The first-order valence-corrected chi connectivity index (χ1v) is 3.95. The number of aliphatic hydroxyl groups is 2. The van der Waals surface area contributed by atoms with E-state index in [0.717, 1.165) is 0 Å². The fourth-order valence-corrected chi connectivity index (χ4v) is 1.11. The molecule has 3 atom stereocenters. The van der Waals surface area contributed by atoms with Crippen LogP contribution in [0.15, 0.2) is 0 Å². The molecule has 0 fully saturated rings. The number of carbonyl (C=O) groups is 1. The maximum Gasteiger partial charge on any atom is 0.189 e. The molecule has 0 aromatic heterocycles. The third kappa shape index (κ3) is 3.40. The topological polar surface area (TPSA) is 76.0 Å². The van der Waals surface area contributed by atoms with Gasteiger partial charge in [-0.25, -0.2) is 0 Å². The van der Waals surface area contributed by atoms with Crippen LogP contribution in [0.25, 0.3) is 0 Å². The van der Waals surface area contributed by atoms with Crippen LogP contribution in [0.5, 0.6) is 0 Å². The number of rotatable bonds is 6. The van der Waals surface area contributed by atoms with Crippen molar-refractivity contribution in [3.63, 3.8) is 0 Å². The van der Waals surface area contributed by atoms with Gasteiger partial charge in [0.2, 0.25) is 0 Å². The zero-order chi connectivity index (χ0) is 10.4. The Labute approximate surface area is 77.3 Å². The Morgan fingerprint density at radius 1 is 1.38 bits per heavy atom. The van der Waals surface area contributed by atoms with Crippen LogP contribution >= 0.6 is 0 Å². The van der Waals surface area contributed by atoms with Gasteiger partial charge < -0.3 is 19.7 Å². The van der Waals surface area contributed by atoms with Crippen molar-refractivity contribution in [2.45, 2.75) is 25.2 Å². The summed E-state index contributed by atoms with van der Waals surface area (Å²) in [7, 11) is 2.70. The summed E-state index contributed by atoms with van der Waals surface area (Å²) in [5, 5.41) is 17.8. The van der Waals surface area contributed by atoms with Crippen molar-refractivity contribution in [3.05, 3.63) is 0 Å². The monoisotopic (exact) mass is 192 g/mol. The summed E-state index contributed by atoms with van der Waals surface area (Å²) in [6.07, 6.45) is -2.50. The molecule has 0 aliphatic carbocycles. The number of ether oxygens (including phenoxy) is 2. The molecule has 0 aromatic carbocycles. The zero-order valence-corrected chi connectivity index (χ0v) is 8.06. The molecule has 0 saturated heterocycles. The molecule has 0 aromatic rings. The predicted octanol–water partition coefficient (Wildman–Crippen LogP) is -1.04. The highest BCUT2D eigenvalue weighted by molar-refractivity contribution is 5.84. The number of aliphatic hydroxyl groups excluding tert-OH is 2. The fraction of sp³-hybridized carbons (Fsp3) is 0.875. The lowest BCUT2D eigenvalue weighted by molar-refractivity contribution is -0.147. The molecule has 0 aliphatic rings. The summed E-state index contributed by atoms with van der Waals surface area (Å²) in [6, 6.07) is 0. The minimum atomic E-state index is -0.921. The van der Waals surface area contributed by atoms with Crippen LogP contribution < -0.4 is 0 Å². The fourth-order valence-electron chi connectivity index (χ4n) is 1.11. The molecule has 0 aliphatic heterocycles. The van der Waals surface area contributed by atoms with Gasteiger partial charge in [-0.15, -0.1) is 0 Å². The lowest BCUT2D eigenvalue weighted by Crippen LogP contribution is -2.44. The first kappa shape index (κ1) is 12.5. The van der Waals surface area contributed by atoms with E-state index in [9.17, 15) is 9.90 Å². The van der Waals surface area contributed by atoms with E-state index in [-0.39, 0.29) is 0 Å². The number of hydrogen-bond donors (Lipinski definition) is 2. The zero-order valence-electron chi connectivity index (χ0n) is 8.06. The summed E-state index contributed by atoms with van der Waals surface area (Å²) in [6.45, 7) is 0.871. The van der Waals surface area contributed by atoms with Gasteiger partial charge in [0, 0.05) is 14.2 Å². The predicted molar refractivity (Wildman–Crippen MR) is 45.4 cm³/mol. The second-order valence-corrected chi connectivity index (χ2v) is 2.72. The van der Waals surface area contributed by atoms with Crippen LogP contribution in [0, 0.1) is 0 Å². The van der Waals surface area contributed by atoms with Crippen molar-refractivity contribution in [3.8, 4) is 0 Å². The van der Waals surface area contributed by atoms with Crippen molar-refractivity contribution in [1.29, 1.82) is 0 Å². The molecule has 0 bridgehead atoms. The first-order chi connectivity index (χ1) is 6.08. The second-order valence-electron chi connectivity index (χ2n) is 2.72. The Morgan fingerprint density at radius 2 is 1.92 bits per heavy atom. The summed E-state index contributed by atoms with van der Waals surface area (Å²) in [5.74, 6) is -0.504. The van der Waals surface area contributed by atoms with Crippen LogP contribution in [0.3, 0.4) is 0 Å². The van der Waals surface area contributed by atoms with Crippen molar-refractivity contribution >= 4 is 5.78 Å². The van der Waals surface area contributed by atoms with E-state index >= 15 is 0 Å². The van der Waals surface area contributed by atoms with E-state index in [1.54, 1.807) is 0 Å². The van der Waals surface area contributed by atoms with E-state index in [2.05, 4.69) is 0 Å². The standard InChI is InChI=1S/C8H16O5/c1-5(10)7(12-2)8(13-3)6(11)4-9/h5,7-10H,4H2,1-3H3/t5-,7-,8-/m0/s1. The molecule has 0 heterocycles. The molecule has 78 valence electrons. The van der Waals surface area contributed by atoms with Crippen LogP contribution in [-0.4, -0.2) is 55.1 Å². The van der Waals surface area contributed by atoms with Gasteiger partial charge in [-0.05, 0) is 6.92 Å². The average molecular weight is 192 g/mol. The molecule has 5 heteroatoms. The number of carbonyl (C=O) groups excluding carboxylic acids is 1. The minimum Gasteiger partial charge on any atom is -0.391 e. The molecule has 0 spiro atoms. The van der Waals surface area contributed by atoms with Crippen molar-refractivity contribution in [2.24, 2.45) is 0 Å². The van der Waals surface area contributed by atoms with Crippen LogP contribution in [0.1, 0.15) is 6.92 Å². The summed E-state index contributed by atoms with van der Waals surface area (Å²) in [4.78, 5) is 11.1. The van der Waals surface area contributed by atoms with E-state index in [1.165, 1.54) is 21.1 Å². The number of methoxy groups -OCH3 is 2. The van der Waals surface area contributed by atoms with E-state index < -0.39 is 30.7 Å². The second kappa shape index (κ2) is 6.04. The number of hydrogen-bond acceptors (Lipinski definition) is 5. The van der Waals surface area contributed by atoms with Crippen LogP contribution in [0.2, 0.25) is 0 Å². The quantitative estimate of drug-likeness (QED) is 0.562. The van der Waals surface area contributed by atoms with E-state index in [0.29, 0.717) is 0 Å². The molecule has 0 rings (SSSR count). The molecule has 0 radical (unpaired) electrons. The van der Waals surface area contributed by atoms with Gasteiger partial charge in [0.1, 0.15) is 18.8 Å². The Hall–Kier alpha value is -0.490. The minimum absolute atomic E-state index is 0.504. The molecule has 5 nitrogen and oxygen atoms in total. The van der Waals surface area contributed by atoms with Gasteiger partial charge in [-0.3, -0.25) is 4.79 Å². The smallest absolute Gasteiger partial charge is 0.189 e. The molecule has 0 unspecified atom stereocenters. The van der Waals surface area contributed by atoms with Gasteiger partial charge in [-0.2, -0.15) is 0 Å². The highest BCUT2D eigenvalue weighted by Gasteiger charge is 2.30. The Balaban J connectivity index is 4.42. The third-order valence-corrected chi connectivity index (χ3v) is 1.77. The summed E-state index contributed by atoms with van der Waals surface area (Å²) >= 11 is 0. The van der Waals surface area contributed by atoms with E-state index in [4.69, 9.17) is 14.6 Å². The third-order valence-electron chi connectivity index (χ3n) is 1.77. The molecule has 0 amide bonds. The Bertz CT molecular complexity index is 157.